The van der Waals surface area contributed by atoms with Gasteiger partial charge in [-0.3, -0.25) is 14.4 Å². The molecule has 9 heteroatoms. The highest BCUT2D eigenvalue weighted by Crippen LogP contribution is 2.23. The molecule has 1 saturated heterocycles. The minimum absolute atomic E-state index is 0.0482. The zero-order chi connectivity index (χ0) is 24.0. The second kappa shape index (κ2) is 11.4. The Morgan fingerprint density at radius 2 is 1.82 bits per heavy atom. The molecule has 0 spiro atoms. The smallest absolute Gasteiger partial charge is 0.291 e. The average molecular weight is 493 g/mol. The van der Waals surface area contributed by atoms with Gasteiger partial charge in [-0.1, -0.05) is 29.3 Å². The lowest BCUT2D eigenvalue weighted by Crippen LogP contribution is -2.37. The Labute approximate surface area is 202 Å². The number of hydrogen-bond donors (Lipinski definition) is 1. The van der Waals surface area contributed by atoms with Crippen LogP contribution in [0.4, 0.5) is 0 Å². The highest BCUT2D eigenvalue weighted by molar-refractivity contribution is 6.42. The Bertz CT molecular complexity index is 1010. The fourth-order valence-corrected chi connectivity index (χ4v) is 3.93. The van der Waals surface area contributed by atoms with E-state index in [1.54, 1.807) is 50.4 Å². The Morgan fingerprint density at radius 1 is 1.12 bits per heavy atom. The van der Waals surface area contributed by atoms with E-state index in [-0.39, 0.29) is 19.2 Å². The Kier molecular flexibility index (Phi) is 8.58. The lowest BCUT2D eigenvalue weighted by Gasteiger charge is -2.21. The first-order valence-corrected chi connectivity index (χ1v) is 11.4. The molecule has 2 aromatic carbocycles. The first-order chi connectivity index (χ1) is 15.8. The van der Waals surface area contributed by atoms with Crippen molar-refractivity contribution in [1.82, 2.24) is 10.2 Å². The van der Waals surface area contributed by atoms with Gasteiger partial charge in [0, 0.05) is 13.1 Å². The van der Waals surface area contributed by atoms with Crippen LogP contribution in [-0.4, -0.2) is 55.3 Å². The van der Waals surface area contributed by atoms with E-state index in [4.69, 9.17) is 32.7 Å². The van der Waals surface area contributed by atoms with E-state index in [1.807, 2.05) is 6.07 Å². The number of benzene rings is 2. The van der Waals surface area contributed by atoms with Gasteiger partial charge < -0.3 is 19.7 Å². The van der Waals surface area contributed by atoms with E-state index in [9.17, 15) is 14.4 Å². The van der Waals surface area contributed by atoms with E-state index < -0.39 is 23.5 Å². The topological polar surface area (TPSA) is 84.9 Å². The lowest BCUT2D eigenvalue weighted by molar-refractivity contribution is -0.142. The van der Waals surface area contributed by atoms with Crippen molar-refractivity contribution >= 4 is 40.8 Å². The molecule has 1 heterocycles. The second-order valence-corrected chi connectivity index (χ2v) is 8.69. The molecule has 2 amide bonds. The van der Waals surface area contributed by atoms with Crippen LogP contribution in [0.25, 0.3) is 0 Å². The van der Waals surface area contributed by atoms with Crippen LogP contribution in [-0.2, 0) is 20.8 Å². The summed E-state index contributed by atoms with van der Waals surface area (Å²) in [7, 11) is 1.58. The van der Waals surface area contributed by atoms with Crippen molar-refractivity contribution in [3.8, 4) is 11.5 Å². The van der Waals surface area contributed by atoms with Crippen molar-refractivity contribution in [3.63, 3.8) is 0 Å². The number of amides is 2. The predicted molar refractivity (Wildman–Crippen MR) is 126 cm³/mol. The maximum atomic E-state index is 12.5. The Balaban J connectivity index is 1.45. The first-order valence-electron chi connectivity index (χ1n) is 10.6. The molecule has 0 aliphatic carbocycles. The zero-order valence-electron chi connectivity index (χ0n) is 18.5. The number of carbonyl (C=O) groups is 3. The largest absolute Gasteiger partial charge is 0.497 e. The molecule has 0 radical (unpaired) electrons. The molecule has 33 heavy (non-hydrogen) atoms. The number of nitrogens with zero attached hydrogens (tertiary/aromatic N) is 1. The van der Waals surface area contributed by atoms with E-state index >= 15 is 0 Å². The third kappa shape index (κ3) is 6.62. The number of halogens is 2. The van der Waals surface area contributed by atoms with Gasteiger partial charge in [0.25, 0.3) is 5.91 Å². The molecule has 7 nitrogen and oxygen atoms in total. The summed E-state index contributed by atoms with van der Waals surface area (Å²) in [6.07, 6.45) is 0.999. The van der Waals surface area contributed by atoms with Gasteiger partial charge >= 0.3 is 0 Å². The maximum Gasteiger partial charge on any atom is 0.291 e. The summed E-state index contributed by atoms with van der Waals surface area (Å²) in [5.41, 5.74) is 1.00. The van der Waals surface area contributed by atoms with Crippen LogP contribution >= 0.6 is 23.2 Å². The van der Waals surface area contributed by atoms with Crippen molar-refractivity contribution in [1.29, 1.82) is 0 Å². The number of likely N-dealkylation sites (tertiary alicyclic amines) is 1. The van der Waals surface area contributed by atoms with E-state index in [1.165, 1.54) is 4.90 Å². The monoisotopic (exact) mass is 492 g/mol. The van der Waals surface area contributed by atoms with Crippen LogP contribution in [0.15, 0.2) is 42.5 Å². The van der Waals surface area contributed by atoms with Crippen molar-refractivity contribution in [2.75, 3.05) is 26.7 Å². The van der Waals surface area contributed by atoms with Crippen molar-refractivity contribution in [3.05, 3.63) is 58.1 Å². The molecule has 2 aromatic rings. The van der Waals surface area contributed by atoms with Crippen LogP contribution < -0.4 is 14.8 Å². The van der Waals surface area contributed by atoms with Crippen LogP contribution in [0.1, 0.15) is 18.9 Å². The highest BCUT2D eigenvalue weighted by atomic mass is 35.5. The number of ketones is 1. The molecule has 0 bridgehead atoms. The summed E-state index contributed by atoms with van der Waals surface area (Å²) in [6.45, 7) is 2.44. The molecular formula is C24H26Cl2N2O5. The fourth-order valence-electron chi connectivity index (χ4n) is 3.61. The first kappa shape index (κ1) is 24.9. The third-order valence-electron chi connectivity index (χ3n) is 5.33. The Morgan fingerprint density at radius 3 is 2.48 bits per heavy atom. The van der Waals surface area contributed by atoms with Crippen LogP contribution in [0.2, 0.25) is 10.0 Å². The van der Waals surface area contributed by atoms with E-state index in [2.05, 4.69) is 5.32 Å². The van der Waals surface area contributed by atoms with Crippen LogP contribution in [0, 0.1) is 5.92 Å². The number of hydrogen-bond acceptors (Lipinski definition) is 5. The number of carbonyl (C=O) groups excluding carboxylic acids is 3. The minimum Gasteiger partial charge on any atom is -0.497 e. The van der Waals surface area contributed by atoms with Gasteiger partial charge in [-0.2, -0.15) is 0 Å². The third-order valence-corrected chi connectivity index (χ3v) is 6.07. The summed E-state index contributed by atoms with van der Waals surface area (Å²) >= 11 is 11.9. The predicted octanol–water partition coefficient (Wildman–Crippen LogP) is 3.55. The molecule has 0 saturated carbocycles. The number of ether oxygens (including phenoxy) is 2. The second-order valence-electron chi connectivity index (χ2n) is 7.87. The molecule has 1 aliphatic rings. The molecular weight excluding hydrogens is 467 g/mol. The van der Waals surface area contributed by atoms with Gasteiger partial charge in [0.2, 0.25) is 11.7 Å². The Hall–Kier alpha value is -2.77. The summed E-state index contributed by atoms with van der Waals surface area (Å²) in [6, 6.07) is 12.5. The van der Waals surface area contributed by atoms with Gasteiger partial charge in [0.05, 0.1) is 23.7 Å². The molecule has 2 unspecified atom stereocenters. The van der Waals surface area contributed by atoms with Gasteiger partial charge in [-0.25, -0.2) is 0 Å². The minimum atomic E-state index is -1.00. The summed E-state index contributed by atoms with van der Waals surface area (Å²) in [5.74, 6) is -1.45. The van der Waals surface area contributed by atoms with Crippen LogP contribution in [0.5, 0.6) is 11.5 Å². The summed E-state index contributed by atoms with van der Waals surface area (Å²) < 4.78 is 10.9. The highest BCUT2D eigenvalue weighted by Gasteiger charge is 2.43. The molecule has 1 aliphatic heterocycles. The van der Waals surface area contributed by atoms with E-state index in [0.717, 1.165) is 5.56 Å². The summed E-state index contributed by atoms with van der Waals surface area (Å²) in [4.78, 5) is 38.6. The number of nitrogens with one attached hydrogen (secondary N) is 1. The molecule has 2 atom stereocenters. The van der Waals surface area contributed by atoms with E-state index in [0.29, 0.717) is 40.9 Å². The zero-order valence-corrected chi connectivity index (χ0v) is 20.0. The quantitative estimate of drug-likeness (QED) is 0.311. The number of aryl methyl sites for hydroxylation is 1. The average Bonchev–Trinajstić information content (AvgIpc) is 3.08. The molecule has 1 fully saturated rings. The molecule has 0 aromatic heterocycles. The SMILES string of the molecule is COc1ccc(OC(C)CN2CC(C(=O)NCCCc3ccc(Cl)c(Cl)c3)C(=O)C2=O)cc1. The maximum absolute atomic E-state index is 12.5. The molecule has 1 N–H and O–H groups in total. The van der Waals surface area contributed by atoms with Crippen molar-refractivity contribution in [2.45, 2.75) is 25.9 Å². The van der Waals surface area contributed by atoms with Gasteiger partial charge in [0.15, 0.2) is 0 Å². The molecule has 176 valence electrons. The van der Waals surface area contributed by atoms with Crippen LogP contribution in [0.3, 0.4) is 0 Å². The van der Waals surface area contributed by atoms with Crippen molar-refractivity contribution in [2.24, 2.45) is 5.92 Å². The summed E-state index contributed by atoms with van der Waals surface area (Å²) in [5, 5.41) is 3.73. The number of rotatable bonds is 10. The van der Waals surface area contributed by atoms with Gasteiger partial charge in [0.1, 0.15) is 23.5 Å². The van der Waals surface area contributed by atoms with Gasteiger partial charge in [-0.15, -0.1) is 0 Å². The lowest BCUT2D eigenvalue weighted by atomic mass is 10.1. The fraction of sp³-hybridized carbons (Fsp3) is 0.375. The molecule has 3 rings (SSSR count). The number of Topliss-reactive ketones (excluding diaryl/α,β-unsaturated/α-hetero) is 1. The normalized spacial score (nSPS) is 16.6. The standard InChI is InChI=1S/C24H26Cl2N2O5/c1-15(33-18-8-6-17(32-2)7-9-18)13-28-14-19(22(29)24(28)31)23(30)27-11-3-4-16-5-10-20(25)21(26)12-16/h5-10,12,15,19H,3-4,11,13-14H2,1-2H3,(H,27,30). The number of methoxy groups -OCH3 is 1. The van der Waals surface area contributed by atoms with Crippen molar-refractivity contribution < 1.29 is 23.9 Å². The van der Waals surface area contributed by atoms with Gasteiger partial charge in [-0.05, 0) is 61.7 Å².